The van der Waals surface area contributed by atoms with Gasteiger partial charge in [-0.3, -0.25) is 4.90 Å². The number of urea groups is 1. The van der Waals surface area contributed by atoms with Gasteiger partial charge >= 0.3 is 6.03 Å². The molecule has 5 nitrogen and oxygen atoms in total. The average molecular weight is 220 g/mol. The molecule has 0 N–H and O–H groups in total. The normalized spacial score (nSPS) is 18.4. The maximum atomic E-state index is 11.8. The molecule has 0 bridgehead atoms. The third-order valence-corrected chi connectivity index (χ3v) is 2.88. The molecular formula is C11H12N2O3. The summed E-state index contributed by atoms with van der Waals surface area (Å²) in [5.74, 6) is 1.45. The summed E-state index contributed by atoms with van der Waals surface area (Å²) in [4.78, 5) is 15.2. The van der Waals surface area contributed by atoms with Gasteiger partial charge in [0.05, 0.1) is 0 Å². The fraction of sp³-hybridized carbons (Fsp3) is 0.364. The van der Waals surface area contributed by atoms with Gasteiger partial charge in [-0.25, -0.2) is 4.79 Å². The molecule has 1 fully saturated rings. The van der Waals surface area contributed by atoms with Crippen LogP contribution < -0.4 is 14.4 Å². The minimum atomic E-state index is 0.0267. The van der Waals surface area contributed by atoms with Gasteiger partial charge in [-0.1, -0.05) is 0 Å². The molecule has 0 atom stereocenters. The number of likely N-dealkylation sites (N-methyl/N-ethyl adjacent to an activating group) is 1. The van der Waals surface area contributed by atoms with Gasteiger partial charge in [-0.15, -0.1) is 0 Å². The minimum Gasteiger partial charge on any atom is -0.454 e. The fourth-order valence-electron chi connectivity index (χ4n) is 1.94. The van der Waals surface area contributed by atoms with Crippen LogP contribution in [0.3, 0.4) is 0 Å². The average Bonchev–Trinajstić information content (AvgIpc) is 2.86. The molecule has 2 aliphatic heterocycles. The molecule has 0 spiro atoms. The summed E-state index contributed by atoms with van der Waals surface area (Å²) in [5.41, 5.74) is 0.860. The van der Waals surface area contributed by atoms with Gasteiger partial charge in [0.15, 0.2) is 11.5 Å². The lowest BCUT2D eigenvalue weighted by Gasteiger charge is -2.16. The molecule has 3 rings (SSSR count). The van der Waals surface area contributed by atoms with E-state index < -0.39 is 0 Å². The van der Waals surface area contributed by atoms with E-state index in [1.165, 1.54) is 0 Å². The summed E-state index contributed by atoms with van der Waals surface area (Å²) in [7, 11) is 1.80. The molecule has 0 aliphatic carbocycles. The highest BCUT2D eigenvalue weighted by molar-refractivity contribution is 5.94. The molecule has 16 heavy (non-hydrogen) atoms. The Morgan fingerprint density at radius 1 is 1.19 bits per heavy atom. The zero-order chi connectivity index (χ0) is 11.1. The van der Waals surface area contributed by atoms with Gasteiger partial charge in [-0.05, 0) is 12.1 Å². The first-order chi connectivity index (χ1) is 7.75. The van der Waals surface area contributed by atoms with Crippen molar-refractivity contribution in [2.75, 3.05) is 31.8 Å². The van der Waals surface area contributed by atoms with E-state index in [4.69, 9.17) is 9.47 Å². The van der Waals surface area contributed by atoms with Crippen LogP contribution in [0, 0.1) is 0 Å². The second-order valence-electron chi connectivity index (χ2n) is 3.89. The highest BCUT2D eigenvalue weighted by Crippen LogP contribution is 2.36. The molecule has 0 radical (unpaired) electrons. The molecule has 0 saturated carbocycles. The van der Waals surface area contributed by atoms with Crippen molar-refractivity contribution in [3.8, 4) is 11.5 Å². The predicted molar refractivity (Wildman–Crippen MR) is 57.9 cm³/mol. The van der Waals surface area contributed by atoms with Crippen molar-refractivity contribution >= 4 is 11.7 Å². The van der Waals surface area contributed by atoms with Crippen LogP contribution in [0.25, 0.3) is 0 Å². The summed E-state index contributed by atoms with van der Waals surface area (Å²) in [6.07, 6.45) is 0. The SMILES string of the molecule is CN1CCN(c2ccc3c(c2)OCO3)C1=O. The standard InChI is InChI=1S/C11H12N2O3/c1-12-4-5-13(11(12)14)8-2-3-9-10(6-8)16-7-15-9/h2-3,6H,4-5,7H2,1H3. The van der Waals surface area contributed by atoms with Crippen molar-refractivity contribution in [1.29, 1.82) is 0 Å². The smallest absolute Gasteiger partial charge is 0.324 e. The van der Waals surface area contributed by atoms with Gasteiger partial charge in [0.1, 0.15) is 0 Å². The van der Waals surface area contributed by atoms with Gasteiger partial charge in [0.2, 0.25) is 6.79 Å². The summed E-state index contributed by atoms with van der Waals surface area (Å²) >= 11 is 0. The van der Waals surface area contributed by atoms with E-state index in [1.807, 2.05) is 18.2 Å². The maximum absolute atomic E-state index is 11.8. The quantitative estimate of drug-likeness (QED) is 0.716. The molecule has 1 aromatic carbocycles. The monoisotopic (exact) mass is 220 g/mol. The maximum Gasteiger partial charge on any atom is 0.324 e. The zero-order valence-corrected chi connectivity index (χ0v) is 8.97. The Labute approximate surface area is 93.2 Å². The molecule has 0 aromatic heterocycles. The molecule has 1 saturated heterocycles. The number of carbonyl (C=O) groups is 1. The number of benzene rings is 1. The number of hydrogen-bond donors (Lipinski definition) is 0. The fourth-order valence-corrected chi connectivity index (χ4v) is 1.94. The van der Waals surface area contributed by atoms with Crippen LogP contribution in [0.1, 0.15) is 0 Å². The molecule has 2 amide bonds. The molecule has 2 heterocycles. The largest absolute Gasteiger partial charge is 0.454 e. The van der Waals surface area contributed by atoms with Crippen molar-refractivity contribution in [3.63, 3.8) is 0 Å². The van der Waals surface area contributed by atoms with Crippen LogP contribution in [0.2, 0.25) is 0 Å². The second kappa shape index (κ2) is 3.30. The van der Waals surface area contributed by atoms with Crippen molar-refractivity contribution in [2.45, 2.75) is 0 Å². The molecule has 2 aliphatic rings. The van der Waals surface area contributed by atoms with Crippen molar-refractivity contribution < 1.29 is 14.3 Å². The molecule has 5 heteroatoms. The van der Waals surface area contributed by atoms with E-state index >= 15 is 0 Å². The first-order valence-electron chi connectivity index (χ1n) is 5.18. The predicted octanol–water partition coefficient (Wildman–Crippen LogP) is 1.29. The number of nitrogens with zero attached hydrogens (tertiary/aromatic N) is 2. The number of ether oxygens (including phenoxy) is 2. The summed E-state index contributed by atoms with van der Waals surface area (Å²) in [5, 5.41) is 0. The van der Waals surface area contributed by atoms with E-state index in [0.717, 1.165) is 24.5 Å². The number of hydrogen-bond acceptors (Lipinski definition) is 3. The minimum absolute atomic E-state index is 0.0267. The lowest BCUT2D eigenvalue weighted by Crippen LogP contribution is -2.29. The second-order valence-corrected chi connectivity index (χ2v) is 3.89. The zero-order valence-electron chi connectivity index (χ0n) is 8.97. The molecule has 1 aromatic rings. The Morgan fingerprint density at radius 3 is 2.75 bits per heavy atom. The molecule has 84 valence electrons. The first-order valence-corrected chi connectivity index (χ1v) is 5.18. The number of rotatable bonds is 1. The Kier molecular flexibility index (Phi) is 1.92. The van der Waals surface area contributed by atoms with E-state index in [9.17, 15) is 4.79 Å². The van der Waals surface area contributed by atoms with Crippen molar-refractivity contribution in [3.05, 3.63) is 18.2 Å². The van der Waals surface area contributed by atoms with Gasteiger partial charge < -0.3 is 14.4 Å². The van der Waals surface area contributed by atoms with Crippen LogP contribution in [-0.4, -0.2) is 37.9 Å². The van der Waals surface area contributed by atoms with Crippen LogP contribution >= 0.6 is 0 Å². The Morgan fingerprint density at radius 2 is 2.00 bits per heavy atom. The third kappa shape index (κ3) is 1.28. The number of carbonyl (C=O) groups excluding carboxylic acids is 1. The van der Waals surface area contributed by atoms with Crippen molar-refractivity contribution in [2.24, 2.45) is 0 Å². The van der Waals surface area contributed by atoms with Crippen LogP contribution in [-0.2, 0) is 0 Å². The summed E-state index contributed by atoms with van der Waals surface area (Å²) in [6.45, 7) is 1.73. The number of amides is 2. The van der Waals surface area contributed by atoms with Gasteiger partial charge in [0, 0.05) is 31.9 Å². The lowest BCUT2D eigenvalue weighted by atomic mass is 10.2. The Balaban J connectivity index is 1.93. The van der Waals surface area contributed by atoms with Crippen LogP contribution in [0.4, 0.5) is 10.5 Å². The molecular weight excluding hydrogens is 208 g/mol. The van der Waals surface area contributed by atoms with E-state index in [-0.39, 0.29) is 12.8 Å². The number of anilines is 1. The van der Waals surface area contributed by atoms with Gasteiger partial charge in [-0.2, -0.15) is 0 Å². The highest BCUT2D eigenvalue weighted by Gasteiger charge is 2.27. The van der Waals surface area contributed by atoms with E-state index in [1.54, 1.807) is 16.8 Å². The van der Waals surface area contributed by atoms with E-state index in [0.29, 0.717) is 5.75 Å². The van der Waals surface area contributed by atoms with Crippen LogP contribution in [0.15, 0.2) is 18.2 Å². The van der Waals surface area contributed by atoms with Crippen LogP contribution in [0.5, 0.6) is 11.5 Å². The molecule has 0 unspecified atom stereocenters. The third-order valence-electron chi connectivity index (χ3n) is 2.88. The Bertz CT molecular complexity index is 447. The summed E-state index contributed by atoms with van der Waals surface area (Å²) < 4.78 is 10.5. The first kappa shape index (κ1) is 9.33. The Hall–Kier alpha value is -1.91. The van der Waals surface area contributed by atoms with E-state index in [2.05, 4.69) is 0 Å². The van der Waals surface area contributed by atoms with Gasteiger partial charge in [0.25, 0.3) is 0 Å². The topological polar surface area (TPSA) is 42.0 Å². The highest BCUT2D eigenvalue weighted by atomic mass is 16.7. The van der Waals surface area contributed by atoms with Crippen molar-refractivity contribution in [1.82, 2.24) is 4.90 Å². The summed E-state index contributed by atoms with van der Waals surface area (Å²) in [6, 6.07) is 5.59. The lowest BCUT2D eigenvalue weighted by molar-refractivity contribution is 0.174. The number of fused-ring (bicyclic) bond motifs is 1.